The molecule has 1 aliphatic rings. The van der Waals surface area contributed by atoms with Crippen LogP contribution in [0.15, 0.2) is 0 Å². The van der Waals surface area contributed by atoms with Gasteiger partial charge in [-0.3, -0.25) is 0 Å². The quantitative estimate of drug-likeness (QED) is 0.687. The Labute approximate surface area is 80.5 Å². The fourth-order valence-corrected chi connectivity index (χ4v) is 3.01. The molecule has 1 fully saturated rings. The van der Waals surface area contributed by atoms with E-state index in [0.29, 0.717) is 0 Å². The summed E-state index contributed by atoms with van der Waals surface area (Å²) in [5.74, 6) is 0.910. The van der Waals surface area contributed by atoms with Crippen molar-refractivity contribution >= 4 is 11.8 Å². The Morgan fingerprint density at radius 3 is 2.25 bits per heavy atom. The van der Waals surface area contributed by atoms with Gasteiger partial charge < -0.3 is 5.73 Å². The topological polar surface area (TPSA) is 26.0 Å². The van der Waals surface area contributed by atoms with Crippen molar-refractivity contribution in [2.75, 3.05) is 12.8 Å². The summed E-state index contributed by atoms with van der Waals surface area (Å²) in [6, 6.07) is 0. The maximum absolute atomic E-state index is 5.74. The minimum absolute atomic E-state index is 0.725. The first-order valence-corrected chi connectivity index (χ1v) is 6.40. The molecule has 0 aromatic carbocycles. The molecule has 0 aromatic heterocycles. The van der Waals surface area contributed by atoms with Crippen molar-refractivity contribution in [3.05, 3.63) is 0 Å². The molecule has 0 saturated heterocycles. The molecule has 0 aliphatic heterocycles. The Morgan fingerprint density at radius 1 is 1.25 bits per heavy atom. The molecule has 1 atom stereocenters. The van der Waals surface area contributed by atoms with Gasteiger partial charge in [0.15, 0.2) is 0 Å². The molecular formula is C10H21NS. The van der Waals surface area contributed by atoms with Crippen molar-refractivity contribution in [2.45, 2.75) is 43.8 Å². The largest absolute Gasteiger partial charge is 0.329 e. The van der Waals surface area contributed by atoms with Crippen LogP contribution in [0.25, 0.3) is 0 Å². The molecule has 1 unspecified atom stereocenters. The smallest absolute Gasteiger partial charge is 0.0195 e. The third-order valence-electron chi connectivity index (χ3n) is 2.96. The second kappa shape index (κ2) is 5.87. The number of hydrogen-bond acceptors (Lipinski definition) is 2. The van der Waals surface area contributed by atoms with Crippen molar-refractivity contribution in [3.63, 3.8) is 0 Å². The Hall–Kier alpha value is 0.310. The summed E-state index contributed by atoms with van der Waals surface area (Å²) in [5.41, 5.74) is 5.74. The minimum Gasteiger partial charge on any atom is -0.329 e. The molecule has 0 heterocycles. The van der Waals surface area contributed by atoms with Gasteiger partial charge in [0.2, 0.25) is 0 Å². The SMILES string of the molecule is CSC(CN)C1CCCCCC1. The number of nitrogens with two attached hydrogens (primary N) is 1. The molecule has 0 aromatic rings. The second-order valence-corrected chi connectivity index (χ2v) is 4.84. The van der Waals surface area contributed by atoms with E-state index in [1.165, 1.54) is 38.5 Å². The third kappa shape index (κ3) is 2.98. The van der Waals surface area contributed by atoms with Crippen LogP contribution >= 0.6 is 11.8 Å². The highest BCUT2D eigenvalue weighted by Gasteiger charge is 2.20. The van der Waals surface area contributed by atoms with E-state index in [9.17, 15) is 0 Å². The van der Waals surface area contributed by atoms with E-state index in [1.807, 2.05) is 11.8 Å². The van der Waals surface area contributed by atoms with E-state index in [4.69, 9.17) is 5.73 Å². The first-order valence-electron chi connectivity index (χ1n) is 5.11. The zero-order chi connectivity index (χ0) is 8.81. The van der Waals surface area contributed by atoms with Gasteiger partial charge in [-0.1, -0.05) is 25.7 Å². The molecule has 0 radical (unpaired) electrons. The zero-order valence-corrected chi connectivity index (χ0v) is 8.91. The fourth-order valence-electron chi connectivity index (χ4n) is 2.16. The van der Waals surface area contributed by atoms with Gasteiger partial charge in [0.05, 0.1) is 0 Å². The molecule has 2 N–H and O–H groups in total. The normalized spacial score (nSPS) is 23.5. The van der Waals surface area contributed by atoms with Gasteiger partial charge in [0.25, 0.3) is 0 Å². The average molecular weight is 187 g/mol. The Bertz CT molecular complexity index is 104. The Morgan fingerprint density at radius 2 is 1.83 bits per heavy atom. The molecule has 1 saturated carbocycles. The zero-order valence-electron chi connectivity index (χ0n) is 8.09. The van der Waals surface area contributed by atoms with E-state index in [-0.39, 0.29) is 0 Å². The lowest BCUT2D eigenvalue weighted by molar-refractivity contribution is 0.446. The number of hydrogen-bond donors (Lipinski definition) is 1. The van der Waals surface area contributed by atoms with Crippen LogP contribution in [0.5, 0.6) is 0 Å². The minimum atomic E-state index is 0.725. The van der Waals surface area contributed by atoms with Crippen LogP contribution in [-0.2, 0) is 0 Å². The first-order chi connectivity index (χ1) is 5.88. The monoisotopic (exact) mass is 187 g/mol. The van der Waals surface area contributed by atoms with Gasteiger partial charge >= 0.3 is 0 Å². The van der Waals surface area contributed by atoms with Crippen molar-refractivity contribution in [3.8, 4) is 0 Å². The molecule has 12 heavy (non-hydrogen) atoms. The standard InChI is InChI=1S/C10H21NS/c1-12-10(8-11)9-6-4-2-3-5-7-9/h9-10H,2-8,11H2,1H3. The van der Waals surface area contributed by atoms with E-state index in [0.717, 1.165) is 17.7 Å². The van der Waals surface area contributed by atoms with E-state index >= 15 is 0 Å². The summed E-state index contributed by atoms with van der Waals surface area (Å²) < 4.78 is 0. The molecular weight excluding hydrogens is 166 g/mol. The highest BCUT2D eigenvalue weighted by Crippen LogP contribution is 2.30. The van der Waals surface area contributed by atoms with Crippen LogP contribution in [0.2, 0.25) is 0 Å². The van der Waals surface area contributed by atoms with Crippen LogP contribution in [-0.4, -0.2) is 18.1 Å². The van der Waals surface area contributed by atoms with E-state index < -0.39 is 0 Å². The van der Waals surface area contributed by atoms with Crippen LogP contribution < -0.4 is 5.73 Å². The van der Waals surface area contributed by atoms with Crippen LogP contribution in [0.4, 0.5) is 0 Å². The van der Waals surface area contributed by atoms with E-state index in [2.05, 4.69) is 6.26 Å². The Kier molecular flexibility index (Phi) is 5.08. The average Bonchev–Trinajstić information content (AvgIpc) is 2.35. The summed E-state index contributed by atoms with van der Waals surface area (Å²) in [6.07, 6.45) is 10.8. The fraction of sp³-hybridized carbons (Fsp3) is 1.00. The van der Waals surface area contributed by atoms with Crippen molar-refractivity contribution < 1.29 is 0 Å². The second-order valence-electron chi connectivity index (χ2n) is 3.76. The van der Waals surface area contributed by atoms with Crippen LogP contribution in [0.3, 0.4) is 0 Å². The maximum atomic E-state index is 5.74. The summed E-state index contributed by atoms with van der Waals surface area (Å²) in [6.45, 7) is 0.867. The van der Waals surface area contributed by atoms with Crippen molar-refractivity contribution in [2.24, 2.45) is 11.7 Å². The molecule has 0 amide bonds. The predicted molar refractivity (Wildman–Crippen MR) is 57.5 cm³/mol. The first kappa shape index (κ1) is 10.4. The molecule has 1 aliphatic carbocycles. The lowest BCUT2D eigenvalue weighted by Crippen LogP contribution is -2.25. The summed E-state index contributed by atoms with van der Waals surface area (Å²) in [7, 11) is 0. The summed E-state index contributed by atoms with van der Waals surface area (Å²) >= 11 is 1.96. The van der Waals surface area contributed by atoms with Crippen LogP contribution in [0.1, 0.15) is 38.5 Å². The highest BCUT2D eigenvalue weighted by molar-refractivity contribution is 7.99. The molecule has 0 spiro atoms. The predicted octanol–water partition coefficient (Wildman–Crippen LogP) is 2.65. The maximum Gasteiger partial charge on any atom is 0.0195 e. The lowest BCUT2D eigenvalue weighted by atomic mass is 9.96. The van der Waals surface area contributed by atoms with Crippen LogP contribution in [0, 0.1) is 5.92 Å². The molecule has 1 rings (SSSR count). The molecule has 1 nitrogen and oxygen atoms in total. The Balaban J connectivity index is 2.35. The van der Waals surface area contributed by atoms with E-state index in [1.54, 1.807) is 0 Å². The third-order valence-corrected chi connectivity index (χ3v) is 4.14. The van der Waals surface area contributed by atoms with Gasteiger partial charge in [-0.15, -0.1) is 0 Å². The summed E-state index contributed by atoms with van der Waals surface area (Å²) in [4.78, 5) is 0. The molecule has 2 heteroatoms. The van der Waals surface area contributed by atoms with Gasteiger partial charge in [-0.25, -0.2) is 0 Å². The van der Waals surface area contributed by atoms with Gasteiger partial charge in [-0.05, 0) is 25.0 Å². The van der Waals surface area contributed by atoms with Gasteiger partial charge in [0, 0.05) is 11.8 Å². The van der Waals surface area contributed by atoms with Crippen molar-refractivity contribution in [1.82, 2.24) is 0 Å². The molecule has 72 valence electrons. The molecule has 0 bridgehead atoms. The summed E-state index contributed by atoms with van der Waals surface area (Å²) in [5, 5.41) is 0.725. The van der Waals surface area contributed by atoms with Gasteiger partial charge in [-0.2, -0.15) is 11.8 Å². The number of thioether (sulfide) groups is 1. The van der Waals surface area contributed by atoms with Crippen molar-refractivity contribution in [1.29, 1.82) is 0 Å². The number of rotatable bonds is 3. The lowest BCUT2D eigenvalue weighted by Gasteiger charge is -2.22. The van der Waals surface area contributed by atoms with Gasteiger partial charge in [0.1, 0.15) is 0 Å². The highest BCUT2D eigenvalue weighted by atomic mass is 32.2.